The van der Waals surface area contributed by atoms with Gasteiger partial charge in [-0.3, -0.25) is 14.4 Å². The highest BCUT2D eigenvalue weighted by molar-refractivity contribution is 5.98. The van der Waals surface area contributed by atoms with Crippen LogP contribution in [0.5, 0.6) is 0 Å². The molecule has 1 heterocycles. The minimum Gasteiger partial charge on any atom is -0.356 e. The van der Waals surface area contributed by atoms with Crippen LogP contribution in [0.2, 0.25) is 0 Å². The zero-order chi connectivity index (χ0) is 18.9. The number of nitrogens with one attached hydrogen (secondary N) is 1. The van der Waals surface area contributed by atoms with Crippen LogP contribution in [0, 0.1) is 5.92 Å². The van der Waals surface area contributed by atoms with Crippen molar-refractivity contribution in [1.82, 2.24) is 10.2 Å². The van der Waals surface area contributed by atoms with Crippen LogP contribution in [0.15, 0.2) is 24.3 Å². The van der Waals surface area contributed by atoms with E-state index in [-0.39, 0.29) is 30.4 Å². The summed E-state index contributed by atoms with van der Waals surface area (Å²) >= 11 is 0. The predicted molar refractivity (Wildman–Crippen MR) is 102 cm³/mol. The maximum atomic E-state index is 12.1. The van der Waals surface area contributed by atoms with Gasteiger partial charge in [0.05, 0.1) is 0 Å². The van der Waals surface area contributed by atoms with Gasteiger partial charge in [0.2, 0.25) is 11.8 Å². The number of carbonyl (C=O) groups excluding carboxylic acids is 3. The summed E-state index contributed by atoms with van der Waals surface area (Å²) in [5.41, 5.74) is 1.83. The van der Waals surface area contributed by atoms with E-state index >= 15 is 0 Å². The Kier molecular flexibility index (Phi) is 7.82. The number of hydrogen-bond donors (Lipinski definition) is 1. The Balaban J connectivity index is 1.65. The first-order valence-electron chi connectivity index (χ1n) is 9.66. The van der Waals surface area contributed by atoms with E-state index in [0.29, 0.717) is 24.4 Å². The Morgan fingerprint density at radius 2 is 1.85 bits per heavy atom. The third kappa shape index (κ3) is 6.28. The summed E-state index contributed by atoms with van der Waals surface area (Å²) in [7, 11) is 0. The fourth-order valence-corrected chi connectivity index (χ4v) is 3.27. The smallest absolute Gasteiger partial charge is 0.224 e. The van der Waals surface area contributed by atoms with Crippen molar-refractivity contribution < 1.29 is 14.4 Å². The molecule has 0 spiro atoms. The molecule has 1 aromatic carbocycles. The van der Waals surface area contributed by atoms with Gasteiger partial charge in [0.15, 0.2) is 5.78 Å². The standard InChI is InChI=1S/C21H30N2O3/c1-3-17-6-8-18(9-7-17)19(24)10-11-20(25)22-13-12-21(26)23-14-4-5-16(2)15-23/h6-9,16H,3-5,10-15H2,1-2H3,(H,22,25). The minimum absolute atomic E-state index is 0.0267. The summed E-state index contributed by atoms with van der Waals surface area (Å²) in [5, 5.41) is 2.75. The average Bonchev–Trinajstić information content (AvgIpc) is 2.66. The van der Waals surface area contributed by atoms with Crippen molar-refractivity contribution >= 4 is 17.6 Å². The van der Waals surface area contributed by atoms with Gasteiger partial charge in [0, 0.05) is 44.5 Å². The van der Waals surface area contributed by atoms with Gasteiger partial charge in [0.1, 0.15) is 0 Å². The van der Waals surface area contributed by atoms with Gasteiger partial charge in [-0.05, 0) is 30.7 Å². The minimum atomic E-state index is -0.177. The summed E-state index contributed by atoms with van der Waals surface area (Å²) < 4.78 is 0. The van der Waals surface area contributed by atoms with Crippen LogP contribution < -0.4 is 5.32 Å². The molecule has 142 valence electrons. The van der Waals surface area contributed by atoms with Crippen molar-refractivity contribution in [3.63, 3.8) is 0 Å². The first-order chi connectivity index (χ1) is 12.5. The number of nitrogens with zero attached hydrogens (tertiary/aromatic N) is 1. The van der Waals surface area contributed by atoms with E-state index in [1.807, 2.05) is 29.2 Å². The van der Waals surface area contributed by atoms with Gasteiger partial charge in [-0.15, -0.1) is 0 Å². The van der Waals surface area contributed by atoms with Gasteiger partial charge in [-0.1, -0.05) is 38.1 Å². The van der Waals surface area contributed by atoms with E-state index in [9.17, 15) is 14.4 Å². The van der Waals surface area contributed by atoms with Crippen molar-refractivity contribution in [3.05, 3.63) is 35.4 Å². The first kappa shape index (κ1) is 20.1. The number of carbonyl (C=O) groups is 3. The Morgan fingerprint density at radius 3 is 2.50 bits per heavy atom. The van der Waals surface area contributed by atoms with Gasteiger partial charge in [-0.25, -0.2) is 0 Å². The molecule has 2 rings (SSSR count). The van der Waals surface area contributed by atoms with Crippen LogP contribution in [0.1, 0.15) is 61.9 Å². The van der Waals surface area contributed by atoms with Crippen molar-refractivity contribution in [2.45, 2.75) is 52.4 Å². The van der Waals surface area contributed by atoms with E-state index in [1.54, 1.807) is 0 Å². The lowest BCUT2D eigenvalue weighted by Crippen LogP contribution is -2.40. The molecule has 0 saturated carbocycles. The molecule has 0 aliphatic carbocycles. The predicted octanol–water partition coefficient (Wildman–Crippen LogP) is 2.98. The van der Waals surface area contributed by atoms with Crippen LogP contribution in [0.3, 0.4) is 0 Å². The lowest BCUT2D eigenvalue weighted by atomic mass is 10.00. The fraction of sp³-hybridized carbons (Fsp3) is 0.571. The highest BCUT2D eigenvalue weighted by atomic mass is 16.2. The number of rotatable bonds is 8. The van der Waals surface area contributed by atoms with E-state index in [2.05, 4.69) is 19.2 Å². The van der Waals surface area contributed by atoms with Crippen LogP contribution in [0.4, 0.5) is 0 Å². The maximum Gasteiger partial charge on any atom is 0.224 e. The molecule has 1 saturated heterocycles. The Labute approximate surface area is 156 Å². The molecule has 5 heteroatoms. The molecule has 1 aliphatic heterocycles. The van der Waals surface area contributed by atoms with Crippen molar-refractivity contribution in [2.75, 3.05) is 19.6 Å². The van der Waals surface area contributed by atoms with Gasteiger partial charge in [-0.2, -0.15) is 0 Å². The Hall–Kier alpha value is -2.17. The summed E-state index contributed by atoms with van der Waals surface area (Å²) in [6.45, 7) is 6.20. The third-order valence-corrected chi connectivity index (χ3v) is 4.93. The molecule has 1 atom stereocenters. The van der Waals surface area contributed by atoms with Crippen molar-refractivity contribution in [3.8, 4) is 0 Å². The number of amides is 2. The largest absolute Gasteiger partial charge is 0.356 e. The number of likely N-dealkylation sites (tertiary alicyclic amines) is 1. The number of ketones is 1. The van der Waals surface area contributed by atoms with E-state index in [0.717, 1.165) is 25.9 Å². The van der Waals surface area contributed by atoms with Gasteiger partial charge >= 0.3 is 0 Å². The van der Waals surface area contributed by atoms with Crippen molar-refractivity contribution in [1.29, 1.82) is 0 Å². The number of hydrogen-bond acceptors (Lipinski definition) is 3. The summed E-state index contributed by atoms with van der Waals surface area (Å²) in [6.07, 6.45) is 3.84. The number of piperidine rings is 1. The highest BCUT2D eigenvalue weighted by Gasteiger charge is 2.20. The van der Waals surface area contributed by atoms with Crippen LogP contribution in [0.25, 0.3) is 0 Å². The monoisotopic (exact) mass is 358 g/mol. The molecule has 0 radical (unpaired) electrons. The molecule has 2 amide bonds. The number of benzene rings is 1. The molecule has 5 nitrogen and oxygen atoms in total. The molecule has 1 N–H and O–H groups in total. The molecule has 1 fully saturated rings. The zero-order valence-corrected chi connectivity index (χ0v) is 15.9. The third-order valence-electron chi connectivity index (χ3n) is 4.93. The van der Waals surface area contributed by atoms with Crippen LogP contribution >= 0.6 is 0 Å². The topological polar surface area (TPSA) is 66.5 Å². The Bertz CT molecular complexity index is 625. The van der Waals surface area contributed by atoms with E-state index in [1.165, 1.54) is 12.0 Å². The maximum absolute atomic E-state index is 12.1. The van der Waals surface area contributed by atoms with E-state index in [4.69, 9.17) is 0 Å². The summed E-state index contributed by atoms with van der Waals surface area (Å²) in [4.78, 5) is 38.1. The summed E-state index contributed by atoms with van der Waals surface area (Å²) in [5.74, 6) is 0.452. The lowest BCUT2D eigenvalue weighted by Gasteiger charge is -2.31. The molecule has 26 heavy (non-hydrogen) atoms. The molecule has 1 aliphatic rings. The molecule has 1 unspecified atom stereocenters. The van der Waals surface area contributed by atoms with Gasteiger partial charge < -0.3 is 10.2 Å². The highest BCUT2D eigenvalue weighted by Crippen LogP contribution is 2.16. The Morgan fingerprint density at radius 1 is 1.12 bits per heavy atom. The van der Waals surface area contributed by atoms with Gasteiger partial charge in [0.25, 0.3) is 0 Å². The molecular weight excluding hydrogens is 328 g/mol. The first-order valence-corrected chi connectivity index (χ1v) is 9.66. The normalized spacial score (nSPS) is 17.0. The fourth-order valence-electron chi connectivity index (χ4n) is 3.27. The van der Waals surface area contributed by atoms with Crippen LogP contribution in [-0.4, -0.2) is 42.1 Å². The van der Waals surface area contributed by atoms with E-state index < -0.39 is 0 Å². The second-order valence-electron chi connectivity index (χ2n) is 7.16. The second kappa shape index (κ2) is 10.1. The van der Waals surface area contributed by atoms with Crippen LogP contribution in [-0.2, 0) is 16.0 Å². The van der Waals surface area contributed by atoms with Crippen molar-refractivity contribution in [2.24, 2.45) is 5.92 Å². The molecule has 1 aromatic rings. The summed E-state index contributed by atoms with van der Waals surface area (Å²) in [6, 6.07) is 7.52. The average molecular weight is 358 g/mol. The zero-order valence-electron chi connectivity index (χ0n) is 15.9. The second-order valence-corrected chi connectivity index (χ2v) is 7.16. The number of aryl methyl sites for hydroxylation is 1. The quantitative estimate of drug-likeness (QED) is 0.727. The SMILES string of the molecule is CCc1ccc(C(=O)CCC(=O)NCCC(=O)N2CCCC(C)C2)cc1. The lowest BCUT2D eigenvalue weighted by molar-refractivity contribution is -0.132. The molecule has 0 aromatic heterocycles. The molecule has 0 bridgehead atoms. The number of Topliss-reactive ketones (excluding diaryl/α,β-unsaturated/α-hetero) is 1. The molecular formula is C21H30N2O3.